The van der Waals surface area contributed by atoms with Crippen LogP contribution in [0.3, 0.4) is 0 Å². The molecule has 0 bridgehead atoms. The Morgan fingerprint density at radius 1 is 1.33 bits per heavy atom. The molecule has 1 fully saturated rings. The Bertz CT molecular complexity index is 922. The predicted octanol–water partition coefficient (Wildman–Crippen LogP) is 2.19. The van der Waals surface area contributed by atoms with Gasteiger partial charge in [0.2, 0.25) is 0 Å². The topological polar surface area (TPSA) is 69.4 Å². The average Bonchev–Trinajstić information content (AvgIpc) is 3.18. The Morgan fingerprint density at radius 2 is 2.07 bits per heavy atom. The van der Waals surface area contributed by atoms with Crippen LogP contribution < -0.4 is 0 Å². The van der Waals surface area contributed by atoms with Crippen molar-refractivity contribution in [3.8, 4) is 11.4 Å². The highest BCUT2D eigenvalue weighted by atomic mass is 32.2. The van der Waals surface area contributed by atoms with Gasteiger partial charge in [0.05, 0.1) is 24.8 Å². The molecule has 2 heterocycles. The molecule has 0 aliphatic carbocycles. The minimum absolute atomic E-state index is 0.0287. The van der Waals surface area contributed by atoms with E-state index >= 15 is 0 Å². The smallest absolute Gasteiger partial charge is 0.199 e. The molecule has 1 aromatic carbocycles. The van der Waals surface area contributed by atoms with Crippen molar-refractivity contribution in [3.05, 3.63) is 35.1 Å². The van der Waals surface area contributed by atoms with Crippen molar-refractivity contribution in [2.45, 2.75) is 32.6 Å². The first-order valence-electron chi connectivity index (χ1n) is 9.11. The van der Waals surface area contributed by atoms with Crippen LogP contribution in [0.25, 0.3) is 11.4 Å². The highest BCUT2D eigenvalue weighted by Gasteiger charge is 2.32. The number of hydrogen-bond acceptors (Lipinski definition) is 6. The highest BCUT2D eigenvalue weighted by molar-refractivity contribution is 7.91. The second kappa shape index (κ2) is 8.64. The molecule has 1 atom stereocenters. The van der Waals surface area contributed by atoms with Crippen molar-refractivity contribution in [1.82, 2.24) is 19.2 Å². The van der Waals surface area contributed by atoms with Gasteiger partial charge in [0.25, 0.3) is 0 Å². The minimum atomic E-state index is -2.96. The molecule has 0 spiro atoms. The van der Waals surface area contributed by atoms with E-state index in [2.05, 4.69) is 4.90 Å². The van der Waals surface area contributed by atoms with Gasteiger partial charge in [-0.25, -0.2) is 13.1 Å². The second-order valence-corrected chi connectivity index (χ2v) is 9.31. The molecule has 2 aromatic rings. The van der Waals surface area contributed by atoms with Gasteiger partial charge in [-0.3, -0.25) is 4.90 Å². The molecule has 0 radical (unpaired) electrons. The third-order valence-corrected chi connectivity index (χ3v) is 7.08. The third-order valence-electron chi connectivity index (χ3n) is 4.89. The fourth-order valence-electron chi connectivity index (χ4n) is 3.43. The van der Waals surface area contributed by atoms with Gasteiger partial charge >= 0.3 is 0 Å². The van der Waals surface area contributed by atoms with E-state index in [-0.39, 0.29) is 17.5 Å². The van der Waals surface area contributed by atoms with Crippen LogP contribution >= 0.6 is 12.2 Å². The second-order valence-electron chi connectivity index (χ2n) is 6.72. The Hall–Kier alpha value is -1.55. The first-order chi connectivity index (χ1) is 12.9. The summed E-state index contributed by atoms with van der Waals surface area (Å²) in [6.07, 6.45) is 0.638. The van der Waals surface area contributed by atoms with Crippen molar-refractivity contribution in [1.29, 1.82) is 0 Å². The number of sulfone groups is 1. The zero-order chi connectivity index (χ0) is 19.4. The molecule has 0 amide bonds. The summed E-state index contributed by atoms with van der Waals surface area (Å²) >= 11 is 5.65. The van der Waals surface area contributed by atoms with E-state index in [1.54, 1.807) is 11.8 Å². The van der Waals surface area contributed by atoms with Crippen LogP contribution in [-0.4, -0.2) is 65.5 Å². The summed E-state index contributed by atoms with van der Waals surface area (Å²) < 4.78 is 33.5. The lowest BCUT2D eigenvalue weighted by Crippen LogP contribution is -2.40. The van der Waals surface area contributed by atoms with Gasteiger partial charge < -0.3 is 9.30 Å². The van der Waals surface area contributed by atoms with Gasteiger partial charge in [-0.2, -0.15) is 5.10 Å². The van der Waals surface area contributed by atoms with Crippen LogP contribution in [0.5, 0.6) is 0 Å². The van der Waals surface area contributed by atoms with E-state index in [0.717, 1.165) is 17.9 Å². The van der Waals surface area contributed by atoms with Crippen LogP contribution in [0, 0.1) is 4.77 Å². The molecule has 0 saturated carbocycles. The first kappa shape index (κ1) is 20.2. The van der Waals surface area contributed by atoms with E-state index < -0.39 is 9.84 Å². The number of methoxy groups -OCH3 is 1. The molecule has 1 aliphatic rings. The van der Waals surface area contributed by atoms with Gasteiger partial charge in [0.15, 0.2) is 20.4 Å². The molecule has 9 heteroatoms. The molecule has 0 unspecified atom stereocenters. The van der Waals surface area contributed by atoms with Crippen LogP contribution in [0.4, 0.5) is 0 Å². The quantitative estimate of drug-likeness (QED) is 0.622. The zero-order valence-corrected chi connectivity index (χ0v) is 17.4. The Balaban J connectivity index is 1.90. The third kappa shape index (κ3) is 4.66. The van der Waals surface area contributed by atoms with Gasteiger partial charge in [-0.05, 0) is 25.6 Å². The summed E-state index contributed by atoms with van der Waals surface area (Å²) in [6.45, 7) is 4.39. The molecular weight excluding hydrogens is 384 g/mol. The lowest BCUT2D eigenvalue weighted by atomic mass is 10.2. The molecule has 0 N–H and O–H groups in total. The summed E-state index contributed by atoms with van der Waals surface area (Å²) in [7, 11) is -1.31. The minimum Gasteiger partial charge on any atom is -0.383 e. The molecule has 148 valence electrons. The highest BCUT2D eigenvalue weighted by Crippen LogP contribution is 2.21. The molecule has 1 saturated heterocycles. The number of nitrogens with zero attached hydrogens (tertiary/aromatic N) is 4. The van der Waals surface area contributed by atoms with E-state index in [0.29, 0.717) is 31.0 Å². The van der Waals surface area contributed by atoms with Crippen molar-refractivity contribution in [2.75, 3.05) is 31.8 Å². The summed E-state index contributed by atoms with van der Waals surface area (Å²) in [4.78, 5) is 2.12. The molecule has 1 aromatic heterocycles. The summed E-state index contributed by atoms with van der Waals surface area (Å²) in [6, 6.07) is 9.93. The molecule has 3 rings (SSSR count). The van der Waals surface area contributed by atoms with Crippen LogP contribution in [0.1, 0.15) is 13.3 Å². The SMILES string of the molecule is CCn1c(-c2ccccc2)nn(CN(CCOC)[C@H]2CCS(=O)(=O)C2)c1=S. The van der Waals surface area contributed by atoms with Crippen LogP contribution in [0.15, 0.2) is 30.3 Å². The number of aromatic nitrogens is 3. The number of benzene rings is 1. The normalized spacial score (nSPS) is 19.0. The number of rotatable bonds is 8. The van der Waals surface area contributed by atoms with Crippen molar-refractivity contribution >= 4 is 22.1 Å². The van der Waals surface area contributed by atoms with E-state index in [1.807, 2.05) is 41.8 Å². The standard InChI is InChI=1S/C18H26N4O3S2/c1-3-21-17(15-7-5-4-6-8-15)19-22(18(21)26)14-20(10-11-25-2)16-9-12-27(23,24)13-16/h4-8,16H,3,9-14H2,1-2H3/t16-/m0/s1. The van der Waals surface area contributed by atoms with Crippen molar-refractivity contribution < 1.29 is 13.2 Å². The van der Waals surface area contributed by atoms with Crippen LogP contribution in [-0.2, 0) is 27.8 Å². The number of ether oxygens (including phenoxy) is 1. The lowest BCUT2D eigenvalue weighted by molar-refractivity contribution is 0.0980. The van der Waals surface area contributed by atoms with Gasteiger partial charge in [-0.1, -0.05) is 30.3 Å². The van der Waals surface area contributed by atoms with E-state index in [9.17, 15) is 8.42 Å². The predicted molar refractivity (Wildman–Crippen MR) is 108 cm³/mol. The van der Waals surface area contributed by atoms with Crippen molar-refractivity contribution in [2.24, 2.45) is 0 Å². The van der Waals surface area contributed by atoms with Gasteiger partial charge in [0.1, 0.15) is 0 Å². The number of hydrogen-bond donors (Lipinski definition) is 0. The lowest BCUT2D eigenvalue weighted by Gasteiger charge is -2.27. The summed E-state index contributed by atoms with van der Waals surface area (Å²) in [5.74, 6) is 1.25. The maximum Gasteiger partial charge on any atom is 0.199 e. The van der Waals surface area contributed by atoms with Crippen LogP contribution in [0.2, 0.25) is 0 Å². The van der Waals surface area contributed by atoms with E-state index in [4.69, 9.17) is 22.1 Å². The summed E-state index contributed by atoms with van der Waals surface area (Å²) in [5.41, 5.74) is 1.01. The fourth-order valence-corrected chi connectivity index (χ4v) is 5.51. The largest absolute Gasteiger partial charge is 0.383 e. The maximum atomic E-state index is 11.9. The molecule has 1 aliphatic heterocycles. The van der Waals surface area contributed by atoms with Crippen molar-refractivity contribution in [3.63, 3.8) is 0 Å². The monoisotopic (exact) mass is 410 g/mol. The Kier molecular flexibility index (Phi) is 6.46. The van der Waals surface area contributed by atoms with Gasteiger partial charge in [0, 0.05) is 31.8 Å². The first-order valence-corrected chi connectivity index (χ1v) is 11.3. The fraction of sp³-hybridized carbons (Fsp3) is 0.556. The van der Waals surface area contributed by atoms with E-state index in [1.165, 1.54) is 0 Å². The summed E-state index contributed by atoms with van der Waals surface area (Å²) in [5, 5.41) is 4.75. The molecule has 7 nitrogen and oxygen atoms in total. The Morgan fingerprint density at radius 3 is 2.67 bits per heavy atom. The average molecular weight is 411 g/mol. The molecular formula is C18H26N4O3S2. The maximum absolute atomic E-state index is 11.9. The van der Waals surface area contributed by atoms with Gasteiger partial charge in [-0.15, -0.1) is 0 Å². The Labute approximate surface area is 165 Å². The molecule has 27 heavy (non-hydrogen) atoms. The zero-order valence-electron chi connectivity index (χ0n) is 15.7.